The summed E-state index contributed by atoms with van der Waals surface area (Å²) in [7, 11) is -10.8. The Labute approximate surface area is 411 Å². The fourth-order valence-corrected chi connectivity index (χ4v) is 9.32. The summed E-state index contributed by atoms with van der Waals surface area (Å²) in [6, 6.07) is 0. The number of carbonyl (C=O) groups is 2. The lowest BCUT2D eigenvalue weighted by atomic mass is 9.85. The molecule has 1 aliphatic rings. The fourth-order valence-electron chi connectivity index (χ4n) is 7.78. The first-order valence-corrected chi connectivity index (χ1v) is 28.7. The number of phosphoric ester groups is 2. The number of aliphatic hydroxyl groups is 6. The van der Waals surface area contributed by atoms with Crippen molar-refractivity contribution in [2.75, 3.05) is 13.2 Å². The van der Waals surface area contributed by atoms with Crippen molar-refractivity contribution in [3.63, 3.8) is 0 Å². The SMILES string of the molecule is CCCCC/C=C\C/C=C\C/C=C\CC(O)C(O)CCCC(=O)OC[C@H](COP(=O)(O)O[C@H]1C(O)C(O)C(O)[C@@H](OP(=O)(O)O)C1O)OC(=O)CCCCCCCCCCCCCCCCCCC. The topological polar surface area (TPSA) is 296 Å². The van der Waals surface area contributed by atoms with Gasteiger partial charge < -0.3 is 54.8 Å². The number of esters is 2. The zero-order valence-electron chi connectivity index (χ0n) is 41.5. The molecule has 0 radical (unpaired) electrons. The van der Waals surface area contributed by atoms with Gasteiger partial charge in [0, 0.05) is 12.8 Å². The van der Waals surface area contributed by atoms with Gasteiger partial charge in [-0.1, -0.05) is 166 Å². The zero-order valence-corrected chi connectivity index (χ0v) is 43.3. The van der Waals surface area contributed by atoms with Crippen LogP contribution >= 0.6 is 15.6 Å². The van der Waals surface area contributed by atoms with Gasteiger partial charge in [-0.2, -0.15) is 0 Å². The quantitative estimate of drug-likeness (QED) is 0.0120. The van der Waals surface area contributed by atoms with Gasteiger partial charge in [0.25, 0.3) is 0 Å². The first kappa shape index (κ1) is 65.2. The summed E-state index contributed by atoms with van der Waals surface area (Å²) < 4.78 is 49.3. The average Bonchev–Trinajstić information content (AvgIpc) is 3.30. The van der Waals surface area contributed by atoms with Crippen molar-refractivity contribution in [2.45, 2.75) is 249 Å². The van der Waals surface area contributed by atoms with Crippen LogP contribution in [0.25, 0.3) is 0 Å². The van der Waals surface area contributed by atoms with Crippen molar-refractivity contribution < 1.29 is 87.1 Å². The maximum atomic E-state index is 13.0. The summed E-state index contributed by atoms with van der Waals surface area (Å²) in [6.07, 6.45) is 21.0. The van der Waals surface area contributed by atoms with Gasteiger partial charge in [0.1, 0.15) is 43.2 Å². The van der Waals surface area contributed by atoms with Crippen LogP contribution in [-0.2, 0) is 41.8 Å². The first-order valence-electron chi connectivity index (χ1n) is 25.7. The number of phosphoric acid groups is 2. The smallest absolute Gasteiger partial charge is 0.462 e. The second-order valence-corrected chi connectivity index (χ2v) is 20.8. The van der Waals surface area contributed by atoms with Gasteiger partial charge in [-0.15, -0.1) is 0 Å². The predicted octanol–water partition coefficient (Wildman–Crippen LogP) is 8.23. The van der Waals surface area contributed by atoms with Crippen molar-refractivity contribution in [1.29, 1.82) is 0 Å². The average molecular weight is 1030 g/mol. The van der Waals surface area contributed by atoms with Gasteiger partial charge in [0.15, 0.2) is 6.10 Å². The molecule has 18 nitrogen and oxygen atoms in total. The number of hydrogen-bond acceptors (Lipinski definition) is 15. The van der Waals surface area contributed by atoms with Gasteiger partial charge >= 0.3 is 27.6 Å². The lowest BCUT2D eigenvalue weighted by Gasteiger charge is -2.43. The molecule has 0 aromatic carbocycles. The number of allylic oxidation sites excluding steroid dienone is 5. The molecule has 404 valence electrons. The van der Waals surface area contributed by atoms with Crippen molar-refractivity contribution in [1.82, 2.24) is 0 Å². The van der Waals surface area contributed by atoms with E-state index in [1.165, 1.54) is 89.9 Å². The van der Waals surface area contributed by atoms with Gasteiger partial charge in [-0.05, 0) is 51.4 Å². The molecule has 10 atom stereocenters. The second-order valence-electron chi connectivity index (χ2n) is 18.2. The maximum Gasteiger partial charge on any atom is 0.472 e. The third-order valence-electron chi connectivity index (χ3n) is 11.9. The molecule has 0 amide bonds. The summed E-state index contributed by atoms with van der Waals surface area (Å²) in [5.41, 5.74) is 0. The van der Waals surface area contributed by atoms with E-state index in [0.717, 1.165) is 44.9 Å². The monoisotopic (exact) mass is 1030 g/mol. The van der Waals surface area contributed by atoms with E-state index in [2.05, 4.69) is 36.6 Å². The van der Waals surface area contributed by atoms with E-state index in [1.54, 1.807) is 6.08 Å². The van der Waals surface area contributed by atoms with E-state index >= 15 is 0 Å². The highest BCUT2D eigenvalue weighted by Crippen LogP contribution is 2.49. The first-order chi connectivity index (χ1) is 32.9. The molecule has 0 aliphatic heterocycles. The summed E-state index contributed by atoms with van der Waals surface area (Å²) >= 11 is 0. The van der Waals surface area contributed by atoms with Gasteiger partial charge in [0.05, 0.1) is 18.8 Å². The van der Waals surface area contributed by atoms with Crippen LogP contribution in [-0.4, -0.2) is 125 Å². The molecule has 0 aromatic heterocycles. The largest absolute Gasteiger partial charge is 0.472 e. The maximum absolute atomic E-state index is 13.0. The van der Waals surface area contributed by atoms with E-state index in [1.807, 2.05) is 12.2 Å². The molecule has 1 saturated carbocycles. The molecule has 0 aromatic rings. The van der Waals surface area contributed by atoms with Crippen molar-refractivity contribution in [3.8, 4) is 0 Å². The molecule has 1 aliphatic carbocycles. The zero-order chi connectivity index (χ0) is 51.3. The molecular formula is C49H90O18P2. The molecule has 1 fully saturated rings. The Balaban J connectivity index is 2.65. The van der Waals surface area contributed by atoms with Gasteiger partial charge in [-0.25, -0.2) is 9.13 Å². The second kappa shape index (κ2) is 39.6. The molecule has 69 heavy (non-hydrogen) atoms. The molecule has 0 saturated heterocycles. The van der Waals surface area contributed by atoms with Crippen molar-refractivity contribution in [2.24, 2.45) is 0 Å². The lowest BCUT2D eigenvalue weighted by molar-refractivity contribution is -0.216. The number of hydrogen-bond donors (Lipinski definition) is 9. The van der Waals surface area contributed by atoms with Crippen LogP contribution in [0.1, 0.15) is 194 Å². The van der Waals surface area contributed by atoms with E-state index < -0.39 is 95.7 Å². The highest BCUT2D eigenvalue weighted by atomic mass is 31.2. The Hall–Kier alpha value is -1.86. The van der Waals surface area contributed by atoms with Gasteiger partial charge in [0.2, 0.25) is 0 Å². The Morgan fingerprint density at radius 1 is 0.522 bits per heavy atom. The van der Waals surface area contributed by atoms with Crippen LogP contribution in [0, 0.1) is 0 Å². The predicted molar refractivity (Wildman–Crippen MR) is 262 cm³/mol. The highest BCUT2D eigenvalue weighted by molar-refractivity contribution is 7.47. The van der Waals surface area contributed by atoms with Crippen LogP contribution < -0.4 is 0 Å². The third-order valence-corrected chi connectivity index (χ3v) is 13.4. The van der Waals surface area contributed by atoms with Crippen LogP contribution in [0.3, 0.4) is 0 Å². The number of ether oxygens (including phenoxy) is 2. The Morgan fingerprint density at radius 2 is 0.986 bits per heavy atom. The summed E-state index contributed by atoms with van der Waals surface area (Å²) in [5.74, 6) is -1.48. The number of unbranched alkanes of at least 4 members (excludes halogenated alkanes) is 19. The Morgan fingerprint density at radius 3 is 1.52 bits per heavy atom. The minimum atomic E-state index is -5.40. The molecule has 20 heteroatoms. The van der Waals surface area contributed by atoms with Crippen LogP contribution in [0.15, 0.2) is 36.5 Å². The van der Waals surface area contributed by atoms with E-state index in [9.17, 15) is 64.0 Å². The molecular weight excluding hydrogens is 938 g/mol. The summed E-state index contributed by atoms with van der Waals surface area (Å²) in [6.45, 7) is 2.86. The fraction of sp³-hybridized carbons (Fsp3) is 0.837. The number of aliphatic hydroxyl groups excluding tert-OH is 6. The van der Waals surface area contributed by atoms with Gasteiger partial charge in [-0.3, -0.25) is 23.2 Å². The van der Waals surface area contributed by atoms with Crippen LogP contribution in [0.5, 0.6) is 0 Å². The molecule has 0 spiro atoms. The molecule has 7 unspecified atom stereocenters. The number of carbonyl (C=O) groups excluding carboxylic acids is 2. The highest BCUT2D eigenvalue weighted by Gasteiger charge is 2.54. The van der Waals surface area contributed by atoms with E-state index in [4.69, 9.17) is 18.5 Å². The standard InChI is InChI=1S/C49H90O18P2/c1-3-5-7-9-11-13-15-17-18-19-20-21-23-25-27-29-31-35-43(53)65-39(38-64-69(61,62)67-49-46(56)44(54)45(55)48(47(49)57)66-68(58,59)60)37-63-42(52)36-32-34-41(51)40(50)33-30-28-26-24-22-16-14-12-10-8-6-4-2/h12,14,22,24,28,30,39-41,44-51,54-57H,3-11,13,15-21,23,25-27,29,31-38H2,1-2H3,(H,61,62)(H2,58,59,60)/b14-12-,24-22-,30-28-/t39-,40?,41?,44?,45?,46?,47?,48-,49+/m1/s1. The molecule has 0 bridgehead atoms. The van der Waals surface area contributed by atoms with Crippen LogP contribution in [0.4, 0.5) is 0 Å². The number of rotatable bonds is 43. The lowest BCUT2D eigenvalue weighted by Crippen LogP contribution is -2.64. The third kappa shape index (κ3) is 33.5. The Kier molecular flexibility index (Phi) is 37.4. The minimum Gasteiger partial charge on any atom is -0.462 e. The molecule has 0 heterocycles. The van der Waals surface area contributed by atoms with E-state index in [0.29, 0.717) is 12.8 Å². The summed E-state index contributed by atoms with van der Waals surface area (Å²) in [5, 5.41) is 62.1. The Bertz CT molecular complexity index is 1510. The van der Waals surface area contributed by atoms with E-state index in [-0.39, 0.29) is 32.1 Å². The van der Waals surface area contributed by atoms with Crippen molar-refractivity contribution in [3.05, 3.63) is 36.5 Å². The molecule has 1 rings (SSSR count). The normalized spacial score (nSPS) is 22.3. The minimum absolute atomic E-state index is 0.0130. The summed E-state index contributed by atoms with van der Waals surface area (Å²) in [4.78, 5) is 54.4. The molecule has 9 N–H and O–H groups in total. The van der Waals surface area contributed by atoms with Crippen LogP contribution in [0.2, 0.25) is 0 Å². The van der Waals surface area contributed by atoms with Crippen molar-refractivity contribution >= 4 is 27.6 Å².